The number of pyridine rings is 1. The van der Waals surface area contributed by atoms with Gasteiger partial charge in [0.25, 0.3) is 0 Å². The average molecular weight is 397 g/mol. The molecule has 0 aliphatic carbocycles. The summed E-state index contributed by atoms with van der Waals surface area (Å²) in [5, 5.41) is 3.78. The molecular weight excluding hydrogens is 379 g/mol. The summed E-state index contributed by atoms with van der Waals surface area (Å²) in [6.45, 7) is 2.63. The summed E-state index contributed by atoms with van der Waals surface area (Å²) in [5.41, 5.74) is 0. The quantitative estimate of drug-likeness (QED) is 0.854. The molecule has 1 fully saturated rings. The number of methoxy groups -OCH3 is 1. The van der Waals surface area contributed by atoms with Gasteiger partial charge in [-0.3, -0.25) is 5.32 Å². The molecule has 0 spiro atoms. The highest BCUT2D eigenvalue weighted by atomic mass is 35.5. The van der Waals surface area contributed by atoms with Crippen molar-refractivity contribution in [1.29, 1.82) is 0 Å². The van der Waals surface area contributed by atoms with Crippen molar-refractivity contribution in [3.8, 4) is 0 Å². The monoisotopic (exact) mass is 396 g/mol. The maximum atomic E-state index is 12.4. The molecule has 0 saturated carbocycles. The predicted octanol–water partition coefficient (Wildman–Crippen LogP) is 2.68. The van der Waals surface area contributed by atoms with Crippen molar-refractivity contribution >= 4 is 40.9 Å². The molecule has 0 atom stereocenters. The number of urea groups is 1. The van der Waals surface area contributed by atoms with Crippen LogP contribution in [0.1, 0.15) is 5.82 Å². The number of anilines is 2. The van der Waals surface area contributed by atoms with Crippen LogP contribution in [0.15, 0.2) is 24.5 Å². The van der Waals surface area contributed by atoms with Crippen molar-refractivity contribution in [1.82, 2.24) is 19.9 Å². The first-order valence-electron chi connectivity index (χ1n) is 7.99. The molecule has 0 bridgehead atoms. The molecule has 2 aromatic rings. The minimum atomic E-state index is -0.207. The first kappa shape index (κ1) is 18.6. The van der Waals surface area contributed by atoms with E-state index in [1.165, 1.54) is 0 Å². The van der Waals surface area contributed by atoms with Crippen LogP contribution in [0.3, 0.4) is 0 Å². The van der Waals surface area contributed by atoms with Crippen LogP contribution in [-0.2, 0) is 11.3 Å². The summed E-state index contributed by atoms with van der Waals surface area (Å²) in [4.78, 5) is 28.8. The molecule has 0 aromatic carbocycles. The Kier molecular flexibility index (Phi) is 6.08. The molecule has 0 unspecified atom stereocenters. The molecule has 1 saturated heterocycles. The Balaban J connectivity index is 1.57. The van der Waals surface area contributed by atoms with E-state index in [0.29, 0.717) is 53.7 Å². The Morgan fingerprint density at radius 3 is 2.73 bits per heavy atom. The zero-order valence-electron chi connectivity index (χ0n) is 14.2. The van der Waals surface area contributed by atoms with E-state index in [0.717, 1.165) is 0 Å². The van der Waals surface area contributed by atoms with E-state index in [9.17, 15) is 4.79 Å². The second-order valence-electron chi connectivity index (χ2n) is 5.65. The number of nitrogens with one attached hydrogen (secondary N) is 1. The van der Waals surface area contributed by atoms with Crippen molar-refractivity contribution in [3.05, 3.63) is 40.4 Å². The number of hydrogen-bond acceptors (Lipinski definition) is 6. The Morgan fingerprint density at radius 1 is 1.27 bits per heavy atom. The highest BCUT2D eigenvalue weighted by Crippen LogP contribution is 2.26. The van der Waals surface area contributed by atoms with Gasteiger partial charge in [0.05, 0.1) is 10.0 Å². The molecule has 2 amide bonds. The fourth-order valence-corrected chi connectivity index (χ4v) is 3.12. The van der Waals surface area contributed by atoms with E-state index in [-0.39, 0.29) is 12.6 Å². The molecule has 10 heteroatoms. The number of ether oxygens (including phenoxy) is 1. The predicted molar refractivity (Wildman–Crippen MR) is 99.8 cm³/mol. The van der Waals surface area contributed by atoms with Crippen LogP contribution >= 0.6 is 23.2 Å². The molecule has 1 aliphatic rings. The lowest BCUT2D eigenvalue weighted by molar-refractivity contribution is 0.178. The fourth-order valence-electron chi connectivity index (χ4n) is 2.62. The normalized spacial score (nSPS) is 14.4. The first-order valence-corrected chi connectivity index (χ1v) is 8.75. The summed E-state index contributed by atoms with van der Waals surface area (Å²) in [5.74, 6) is 1.64. The number of carbonyl (C=O) groups excluding carboxylic acids is 1. The van der Waals surface area contributed by atoms with Crippen molar-refractivity contribution < 1.29 is 9.53 Å². The third kappa shape index (κ3) is 4.51. The summed E-state index contributed by atoms with van der Waals surface area (Å²) in [6, 6.07) is 3.10. The zero-order valence-corrected chi connectivity index (χ0v) is 15.7. The van der Waals surface area contributed by atoms with Crippen molar-refractivity contribution in [2.45, 2.75) is 6.61 Å². The van der Waals surface area contributed by atoms with Crippen LogP contribution in [0.2, 0.25) is 10.0 Å². The van der Waals surface area contributed by atoms with Gasteiger partial charge < -0.3 is 14.5 Å². The maximum Gasteiger partial charge on any atom is 0.323 e. The summed E-state index contributed by atoms with van der Waals surface area (Å²) in [6.07, 6.45) is 3.15. The second-order valence-corrected chi connectivity index (χ2v) is 6.50. The lowest BCUT2D eigenvalue weighted by Gasteiger charge is -2.35. The van der Waals surface area contributed by atoms with Gasteiger partial charge in [0.2, 0.25) is 0 Å². The number of amides is 2. The van der Waals surface area contributed by atoms with Crippen LogP contribution in [0.4, 0.5) is 16.4 Å². The zero-order chi connectivity index (χ0) is 18.5. The van der Waals surface area contributed by atoms with Crippen molar-refractivity contribution in [3.63, 3.8) is 0 Å². The lowest BCUT2D eigenvalue weighted by atomic mass is 10.3. The number of piperazine rings is 1. The van der Waals surface area contributed by atoms with E-state index in [2.05, 4.69) is 20.3 Å². The van der Waals surface area contributed by atoms with E-state index >= 15 is 0 Å². The molecule has 0 radical (unpaired) electrons. The number of carbonyl (C=O) groups is 1. The van der Waals surface area contributed by atoms with E-state index < -0.39 is 0 Å². The van der Waals surface area contributed by atoms with Gasteiger partial charge in [-0.1, -0.05) is 23.2 Å². The van der Waals surface area contributed by atoms with E-state index in [1.54, 1.807) is 36.5 Å². The van der Waals surface area contributed by atoms with Crippen LogP contribution in [0, 0.1) is 0 Å². The molecule has 8 nitrogen and oxygen atoms in total. The third-order valence-corrected chi connectivity index (χ3v) is 4.35. The smallest absolute Gasteiger partial charge is 0.323 e. The highest BCUT2D eigenvalue weighted by molar-refractivity contribution is 6.36. The van der Waals surface area contributed by atoms with Gasteiger partial charge in [-0.05, 0) is 12.1 Å². The Hall–Kier alpha value is -2.16. The fraction of sp³-hybridized carbons (Fsp3) is 0.375. The largest absolute Gasteiger partial charge is 0.377 e. The molecule has 1 N–H and O–H groups in total. The molecule has 138 valence electrons. The lowest BCUT2D eigenvalue weighted by Crippen LogP contribution is -2.50. The standard InChI is InChI=1S/C16H18Cl2N6O2/c1-26-10-14-19-3-2-13(21-14)22-16(25)24-6-4-23(5-7-24)15-12(18)8-11(17)9-20-15/h2-3,8-9H,4-7,10H2,1H3,(H,19,21,22,25). The molecule has 2 aromatic heterocycles. The number of rotatable bonds is 4. The van der Waals surface area contributed by atoms with Gasteiger partial charge in [0, 0.05) is 45.7 Å². The summed E-state index contributed by atoms with van der Waals surface area (Å²) < 4.78 is 5.00. The molecule has 1 aliphatic heterocycles. The maximum absolute atomic E-state index is 12.4. The van der Waals surface area contributed by atoms with E-state index in [4.69, 9.17) is 27.9 Å². The van der Waals surface area contributed by atoms with Gasteiger partial charge in [-0.15, -0.1) is 0 Å². The Labute approximate surface area is 161 Å². The second kappa shape index (κ2) is 8.48. The Morgan fingerprint density at radius 2 is 2.04 bits per heavy atom. The van der Waals surface area contributed by atoms with Gasteiger partial charge in [0.15, 0.2) is 5.82 Å². The summed E-state index contributed by atoms with van der Waals surface area (Å²) in [7, 11) is 1.57. The topological polar surface area (TPSA) is 83.5 Å². The van der Waals surface area contributed by atoms with Crippen molar-refractivity contribution in [2.24, 2.45) is 0 Å². The van der Waals surface area contributed by atoms with Crippen molar-refractivity contribution in [2.75, 3.05) is 43.5 Å². The SMILES string of the molecule is COCc1nccc(NC(=O)N2CCN(c3ncc(Cl)cc3Cl)CC2)n1. The minimum Gasteiger partial charge on any atom is -0.377 e. The third-order valence-electron chi connectivity index (χ3n) is 3.87. The number of aromatic nitrogens is 3. The molecule has 26 heavy (non-hydrogen) atoms. The Bertz CT molecular complexity index is 783. The van der Waals surface area contributed by atoms with Crippen LogP contribution in [0.25, 0.3) is 0 Å². The highest BCUT2D eigenvalue weighted by Gasteiger charge is 2.23. The molecule has 3 heterocycles. The first-order chi connectivity index (χ1) is 12.6. The number of hydrogen-bond donors (Lipinski definition) is 1. The van der Waals surface area contributed by atoms with Crippen LogP contribution in [0.5, 0.6) is 0 Å². The van der Waals surface area contributed by atoms with Gasteiger partial charge in [-0.25, -0.2) is 19.7 Å². The number of nitrogens with zero attached hydrogens (tertiary/aromatic N) is 5. The van der Waals surface area contributed by atoms with Crippen LogP contribution < -0.4 is 10.2 Å². The van der Waals surface area contributed by atoms with Gasteiger partial charge in [0.1, 0.15) is 18.2 Å². The average Bonchev–Trinajstić information content (AvgIpc) is 2.62. The number of halogens is 2. The molecule has 3 rings (SSSR count). The summed E-state index contributed by atoms with van der Waals surface area (Å²) >= 11 is 12.1. The van der Waals surface area contributed by atoms with Gasteiger partial charge in [-0.2, -0.15) is 0 Å². The van der Waals surface area contributed by atoms with Crippen LogP contribution in [-0.4, -0.2) is 59.2 Å². The molecular formula is C16H18Cl2N6O2. The van der Waals surface area contributed by atoms with E-state index in [1.807, 2.05) is 4.90 Å². The minimum absolute atomic E-state index is 0.207. The van der Waals surface area contributed by atoms with Gasteiger partial charge >= 0.3 is 6.03 Å².